The highest BCUT2D eigenvalue weighted by molar-refractivity contribution is 7.17. The van der Waals surface area contributed by atoms with E-state index in [0.29, 0.717) is 34.5 Å². The summed E-state index contributed by atoms with van der Waals surface area (Å²) in [5.74, 6) is -0.00860. The molecule has 0 radical (unpaired) electrons. The summed E-state index contributed by atoms with van der Waals surface area (Å²) in [6.45, 7) is 5.68. The SMILES string of the molecule is CC[C@H](C)CC(=O)Nc1nc2c(s1)C(=O)C[C@@H](C(=O)N1CCCC1)C2. The summed E-state index contributed by atoms with van der Waals surface area (Å²) in [5, 5.41) is 3.28. The lowest BCUT2D eigenvalue weighted by atomic mass is 9.89. The molecule has 1 N–H and O–H groups in total. The topological polar surface area (TPSA) is 79.4 Å². The second-order valence-corrected chi connectivity index (χ2v) is 8.12. The van der Waals surface area contributed by atoms with E-state index in [-0.39, 0.29) is 29.9 Å². The van der Waals surface area contributed by atoms with Gasteiger partial charge in [-0.1, -0.05) is 31.6 Å². The minimum Gasteiger partial charge on any atom is -0.342 e. The van der Waals surface area contributed by atoms with Gasteiger partial charge in [0.15, 0.2) is 10.9 Å². The number of hydrogen-bond donors (Lipinski definition) is 1. The highest BCUT2D eigenvalue weighted by Crippen LogP contribution is 2.33. The second-order valence-electron chi connectivity index (χ2n) is 7.12. The van der Waals surface area contributed by atoms with Crippen LogP contribution < -0.4 is 5.32 Å². The van der Waals surface area contributed by atoms with Gasteiger partial charge in [-0.25, -0.2) is 4.98 Å². The lowest BCUT2D eigenvalue weighted by molar-refractivity contribution is -0.134. The second kappa shape index (κ2) is 7.64. The van der Waals surface area contributed by atoms with Gasteiger partial charge in [0.05, 0.1) is 16.5 Å². The molecular formula is C18H25N3O3S. The van der Waals surface area contributed by atoms with Gasteiger partial charge in [0, 0.05) is 32.4 Å². The smallest absolute Gasteiger partial charge is 0.226 e. The molecule has 0 spiro atoms. The number of carbonyl (C=O) groups is 3. The Morgan fingerprint density at radius 2 is 2.04 bits per heavy atom. The first kappa shape index (κ1) is 18.0. The van der Waals surface area contributed by atoms with Crippen molar-refractivity contribution in [2.45, 2.75) is 52.4 Å². The summed E-state index contributed by atoms with van der Waals surface area (Å²) >= 11 is 1.23. The van der Waals surface area contributed by atoms with Crippen LogP contribution in [0.25, 0.3) is 0 Å². The molecule has 2 aliphatic rings. The van der Waals surface area contributed by atoms with Crippen LogP contribution in [0.2, 0.25) is 0 Å². The van der Waals surface area contributed by atoms with E-state index >= 15 is 0 Å². The van der Waals surface area contributed by atoms with Crippen molar-refractivity contribution in [2.24, 2.45) is 11.8 Å². The van der Waals surface area contributed by atoms with E-state index in [1.807, 2.05) is 11.8 Å². The van der Waals surface area contributed by atoms with Crippen molar-refractivity contribution in [3.05, 3.63) is 10.6 Å². The van der Waals surface area contributed by atoms with Crippen LogP contribution in [-0.4, -0.2) is 40.6 Å². The quantitative estimate of drug-likeness (QED) is 0.872. The van der Waals surface area contributed by atoms with Crippen molar-refractivity contribution < 1.29 is 14.4 Å². The molecule has 6 nitrogen and oxygen atoms in total. The number of nitrogens with zero attached hydrogens (tertiary/aromatic N) is 2. The first-order valence-electron chi connectivity index (χ1n) is 9.09. The van der Waals surface area contributed by atoms with E-state index in [4.69, 9.17) is 0 Å². The van der Waals surface area contributed by atoms with Gasteiger partial charge < -0.3 is 10.2 Å². The van der Waals surface area contributed by atoms with E-state index in [1.165, 1.54) is 11.3 Å². The van der Waals surface area contributed by atoms with Gasteiger partial charge in [0.2, 0.25) is 11.8 Å². The van der Waals surface area contributed by atoms with Gasteiger partial charge in [-0.15, -0.1) is 0 Å². The summed E-state index contributed by atoms with van der Waals surface area (Å²) in [6.07, 6.45) is 4.23. The Bertz CT molecular complexity index is 679. The molecule has 3 rings (SSSR count). The summed E-state index contributed by atoms with van der Waals surface area (Å²) in [7, 11) is 0. The average Bonchev–Trinajstić information content (AvgIpc) is 3.23. The van der Waals surface area contributed by atoms with Crippen molar-refractivity contribution in [2.75, 3.05) is 18.4 Å². The number of carbonyl (C=O) groups excluding carboxylic acids is 3. The minimum absolute atomic E-state index is 0.0290. The molecule has 1 aromatic rings. The molecule has 0 saturated carbocycles. The molecule has 0 unspecified atom stereocenters. The predicted octanol–water partition coefficient (Wildman–Crippen LogP) is 2.89. The van der Waals surface area contributed by atoms with Crippen molar-refractivity contribution in [3.8, 4) is 0 Å². The van der Waals surface area contributed by atoms with Gasteiger partial charge in [0.25, 0.3) is 0 Å². The third kappa shape index (κ3) is 4.08. The number of nitrogens with one attached hydrogen (secondary N) is 1. The van der Waals surface area contributed by atoms with Crippen LogP contribution in [0.3, 0.4) is 0 Å². The molecule has 2 heterocycles. The number of fused-ring (bicyclic) bond motifs is 1. The number of anilines is 1. The molecule has 2 atom stereocenters. The zero-order valence-corrected chi connectivity index (χ0v) is 15.7. The lowest BCUT2D eigenvalue weighted by Crippen LogP contribution is -2.37. The summed E-state index contributed by atoms with van der Waals surface area (Å²) in [6, 6.07) is 0. The van der Waals surface area contributed by atoms with Crippen LogP contribution in [-0.2, 0) is 16.0 Å². The van der Waals surface area contributed by atoms with E-state index in [2.05, 4.69) is 17.2 Å². The molecule has 0 bridgehead atoms. The number of amides is 2. The maximum atomic E-state index is 12.6. The summed E-state index contributed by atoms with van der Waals surface area (Å²) in [4.78, 5) is 43.9. The number of rotatable bonds is 5. The third-order valence-corrected chi connectivity index (χ3v) is 6.12. The first-order valence-corrected chi connectivity index (χ1v) is 9.91. The number of aromatic nitrogens is 1. The van der Waals surface area contributed by atoms with Gasteiger partial charge in [-0.05, 0) is 18.8 Å². The molecule has 1 saturated heterocycles. The van der Waals surface area contributed by atoms with Crippen molar-refractivity contribution >= 4 is 34.1 Å². The number of likely N-dealkylation sites (tertiary alicyclic amines) is 1. The number of thiazole rings is 1. The third-order valence-electron chi connectivity index (χ3n) is 5.07. The predicted molar refractivity (Wildman–Crippen MR) is 96.8 cm³/mol. The molecule has 0 aromatic carbocycles. The largest absolute Gasteiger partial charge is 0.342 e. The number of ketones is 1. The van der Waals surface area contributed by atoms with E-state index < -0.39 is 0 Å². The molecule has 25 heavy (non-hydrogen) atoms. The normalized spacial score (nSPS) is 21.1. The van der Waals surface area contributed by atoms with Gasteiger partial charge in [-0.3, -0.25) is 14.4 Å². The van der Waals surface area contributed by atoms with Crippen molar-refractivity contribution in [1.29, 1.82) is 0 Å². The highest BCUT2D eigenvalue weighted by Gasteiger charge is 2.35. The zero-order valence-electron chi connectivity index (χ0n) is 14.8. The number of Topliss-reactive ketones (excluding diaryl/α,β-unsaturated/α-hetero) is 1. The van der Waals surface area contributed by atoms with E-state index in [9.17, 15) is 14.4 Å². The van der Waals surface area contributed by atoms with Gasteiger partial charge in [0.1, 0.15) is 0 Å². The standard InChI is InChI=1S/C18H25N3O3S/c1-3-11(2)8-15(23)20-18-19-13-9-12(10-14(22)16(13)25-18)17(24)21-6-4-5-7-21/h11-12H,3-10H2,1-2H3,(H,19,20,23)/t11-,12-/m0/s1. The zero-order chi connectivity index (χ0) is 18.0. The van der Waals surface area contributed by atoms with Crippen LogP contribution in [0.5, 0.6) is 0 Å². The molecule has 1 aliphatic heterocycles. The Balaban J connectivity index is 1.67. The Hall–Kier alpha value is -1.76. The van der Waals surface area contributed by atoms with Crippen molar-refractivity contribution in [3.63, 3.8) is 0 Å². The Kier molecular flexibility index (Phi) is 5.51. The monoisotopic (exact) mass is 363 g/mol. The Morgan fingerprint density at radius 3 is 2.72 bits per heavy atom. The van der Waals surface area contributed by atoms with E-state index in [0.717, 1.165) is 32.4 Å². The van der Waals surface area contributed by atoms with Crippen LogP contribution in [0.15, 0.2) is 0 Å². The molecule has 2 amide bonds. The summed E-state index contributed by atoms with van der Waals surface area (Å²) in [5.41, 5.74) is 0.664. The molecule has 1 aliphatic carbocycles. The van der Waals surface area contributed by atoms with Crippen LogP contribution >= 0.6 is 11.3 Å². The molecule has 1 aromatic heterocycles. The highest BCUT2D eigenvalue weighted by atomic mass is 32.1. The van der Waals surface area contributed by atoms with Crippen molar-refractivity contribution in [1.82, 2.24) is 9.88 Å². The maximum absolute atomic E-state index is 12.6. The van der Waals surface area contributed by atoms with Gasteiger partial charge >= 0.3 is 0 Å². The minimum atomic E-state index is -0.302. The fourth-order valence-electron chi connectivity index (χ4n) is 3.38. The molecule has 7 heteroatoms. The lowest BCUT2D eigenvalue weighted by Gasteiger charge is -2.24. The Morgan fingerprint density at radius 1 is 1.32 bits per heavy atom. The average molecular weight is 363 g/mol. The maximum Gasteiger partial charge on any atom is 0.226 e. The van der Waals surface area contributed by atoms with E-state index in [1.54, 1.807) is 0 Å². The fourth-order valence-corrected chi connectivity index (χ4v) is 4.34. The van der Waals surface area contributed by atoms with Crippen LogP contribution in [0.4, 0.5) is 5.13 Å². The number of hydrogen-bond acceptors (Lipinski definition) is 5. The molecule has 1 fully saturated rings. The Labute approximate surface area is 152 Å². The molecular weight excluding hydrogens is 338 g/mol. The van der Waals surface area contributed by atoms with Crippen LogP contribution in [0.1, 0.15) is 61.3 Å². The molecule has 136 valence electrons. The van der Waals surface area contributed by atoms with Gasteiger partial charge in [-0.2, -0.15) is 0 Å². The summed E-state index contributed by atoms with van der Waals surface area (Å²) < 4.78 is 0. The van der Waals surface area contributed by atoms with Crippen LogP contribution in [0, 0.1) is 11.8 Å². The fraction of sp³-hybridized carbons (Fsp3) is 0.667. The first-order chi connectivity index (χ1) is 12.0.